The zero-order valence-electron chi connectivity index (χ0n) is 9.58. The van der Waals surface area contributed by atoms with Crippen molar-refractivity contribution in [3.05, 3.63) is 0 Å². The van der Waals surface area contributed by atoms with Gasteiger partial charge in [-0.25, -0.2) is 0 Å². The summed E-state index contributed by atoms with van der Waals surface area (Å²) >= 11 is 1.98. The van der Waals surface area contributed by atoms with Gasteiger partial charge in [-0.05, 0) is 18.6 Å². The molecule has 0 saturated carbocycles. The van der Waals surface area contributed by atoms with Crippen molar-refractivity contribution in [1.82, 2.24) is 5.32 Å². The molecule has 0 spiro atoms. The monoisotopic (exact) mass is 233 g/mol. The Hall–Kier alpha value is 0.230. The maximum Gasteiger partial charge on any atom is 0.0897 e. The highest BCUT2D eigenvalue weighted by Crippen LogP contribution is 2.16. The van der Waals surface area contributed by atoms with Crippen LogP contribution in [0.15, 0.2) is 0 Å². The molecule has 3 nitrogen and oxygen atoms in total. The molecule has 1 saturated heterocycles. The first-order valence-corrected chi connectivity index (χ1v) is 7.05. The fourth-order valence-electron chi connectivity index (χ4n) is 1.52. The number of rotatable bonds is 8. The van der Waals surface area contributed by atoms with Crippen molar-refractivity contribution < 1.29 is 9.84 Å². The molecule has 0 radical (unpaired) electrons. The number of hydrogen-bond donors (Lipinski definition) is 2. The molecular formula is C11H23NO2S. The number of aliphatic hydroxyl groups excluding tert-OH is 1. The molecule has 0 amide bonds. The number of nitrogens with one attached hydrogen (secondary N) is 1. The number of ether oxygens (including phenoxy) is 1. The lowest BCUT2D eigenvalue weighted by Crippen LogP contribution is -2.37. The van der Waals surface area contributed by atoms with E-state index in [9.17, 15) is 5.11 Å². The minimum Gasteiger partial charge on any atom is -0.389 e. The Bertz CT molecular complexity index is 152. The van der Waals surface area contributed by atoms with Gasteiger partial charge in [0.1, 0.15) is 0 Å². The van der Waals surface area contributed by atoms with Crippen molar-refractivity contribution in [2.75, 3.05) is 31.3 Å². The SMILES string of the molecule is CCCCOCC(O)CNC1CCSC1. The summed E-state index contributed by atoms with van der Waals surface area (Å²) in [4.78, 5) is 0. The normalized spacial score (nSPS) is 23.2. The molecule has 2 N–H and O–H groups in total. The lowest BCUT2D eigenvalue weighted by Gasteiger charge is -2.15. The minimum atomic E-state index is -0.354. The predicted molar refractivity (Wildman–Crippen MR) is 65.5 cm³/mol. The molecule has 4 heteroatoms. The van der Waals surface area contributed by atoms with Gasteiger partial charge in [0.05, 0.1) is 12.7 Å². The Morgan fingerprint density at radius 3 is 3.13 bits per heavy atom. The average Bonchev–Trinajstić information content (AvgIpc) is 2.74. The molecule has 0 aromatic carbocycles. The van der Waals surface area contributed by atoms with Crippen LogP contribution in [0.1, 0.15) is 26.2 Å². The molecule has 0 aliphatic carbocycles. The van der Waals surface area contributed by atoms with Crippen LogP contribution < -0.4 is 5.32 Å². The molecule has 0 aromatic heterocycles. The van der Waals surface area contributed by atoms with Crippen molar-refractivity contribution in [2.24, 2.45) is 0 Å². The summed E-state index contributed by atoms with van der Waals surface area (Å²) < 4.78 is 5.36. The molecule has 1 rings (SSSR count). The molecule has 1 aliphatic heterocycles. The summed E-state index contributed by atoms with van der Waals surface area (Å²) in [6.07, 6.45) is 3.11. The molecule has 0 bridgehead atoms. The topological polar surface area (TPSA) is 41.5 Å². The van der Waals surface area contributed by atoms with Gasteiger partial charge in [-0.2, -0.15) is 11.8 Å². The van der Waals surface area contributed by atoms with E-state index >= 15 is 0 Å². The number of thioether (sulfide) groups is 1. The molecule has 2 unspecified atom stereocenters. The van der Waals surface area contributed by atoms with Crippen LogP contribution in [-0.2, 0) is 4.74 Å². The number of hydrogen-bond acceptors (Lipinski definition) is 4. The standard InChI is InChI=1S/C11H23NO2S/c1-2-3-5-14-8-11(13)7-12-10-4-6-15-9-10/h10-13H,2-9H2,1H3. The second-order valence-electron chi connectivity index (χ2n) is 4.05. The van der Waals surface area contributed by atoms with E-state index in [0.29, 0.717) is 19.2 Å². The van der Waals surface area contributed by atoms with Crippen molar-refractivity contribution in [3.8, 4) is 0 Å². The molecule has 2 atom stereocenters. The summed E-state index contributed by atoms with van der Waals surface area (Å²) in [5.74, 6) is 2.43. The third-order valence-electron chi connectivity index (χ3n) is 2.52. The highest BCUT2D eigenvalue weighted by Gasteiger charge is 2.15. The summed E-state index contributed by atoms with van der Waals surface area (Å²) in [6, 6.07) is 0.597. The van der Waals surface area contributed by atoms with Crippen molar-refractivity contribution in [2.45, 2.75) is 38.3 Å². The Morgan fingerprint density at radius 2 is 2.47 bits per heavy atom. The van der Waals surface area contributed by atoms with E-state index in [1.54, 1.807) is 0 Å². The van der Waals surface area contributed by atoms with E-state index < -0.39 is 0 Å². The van der Waals surface area contributed by atoms with Crippen molar-refractivity contribution >= 4 is 11.8 Å². The van der Waals surface area contributed by atoms with Crippen LogP contribution >= 0.6 is 11.8 Å². The Balaban J connectivity index is 1.90. The summed E-state index contributed by atoms with van der Waals surface area (Å²) in [7, 11) is 0. The largest absolute Gasteiger partial charge is 0.389 e. The van der Waals surface area contributed by atoms with Gasteiger partial charge in [-0.1, -0.05) is 13.3 Å². The fraction of sp³-hybridized carbons (Fsp3) is 1.00. The predicted octanol–water partition coefficient (Wildman–Crippen LogP) is 1.26. The molecule has 15 heavy (non-hydrogen) atoms. The van der Waals surface area contributed by atoms with E-state index in [1.807, 2.05) is 11.8 Å². The van der Waals surface area contributed by atoms with Crippen LogP contribution in [0.4, 0.5) is 0 Å². The lowest BCUT2D eigenvalue weighted by atomic mass is 10.2. The second kappa shape index (κ2) is 8.39. The summed E-state index contributed by atoms with van der Waals surface area (Å²) in [5, 5.41) is 13.0. The number of unbranched alkanes of at least 4 members (excludes halogenated alkanes) is 1. The summed E-state index contributed by atoms with van der Waals surface area (Å²) in [5.41, 5.74) is 0. The Kier molecular flexibility index (Phi) is 7.44. The molecule has 1 heterocycles. The highest BCUT2D eigenvalue weighted by atomic mass is 32.2. The van der Waals surface area contributed by atoms with Crippen molar-refractivity contribution in [1.29, 1.82) is 0 Å². The van der Waals surface area contributed by atoms with Gasteiger partial charge in [0.2, 0.25) is 0 Å². The smallest absolute Gasteiger partial charge is 0.0897 e. The number of aliphatic hydroxyl groups is 1. The first kappa shape index (κ1) is 13.3. The minimum absolute atomic E-state index is 0.354. The highest BCUT2D eigenvalue weighted by molar-refractivity contribution is 7.99. The molecule has 1 aliphatic rings. The first-order chi connectivity index (χ1) is 7.33. The molecule has 0 aromatic rings. The van der Waals surface area contributed by atoms with E-state index in [1.165, 1.54) is 17.9 Å². The van der Waals surface area contributed by atoms with Crippen LogP contribution in [0.2, 0.25) is 0 Å². The third kappa shape index (κ3) is 6.40. The van der Waals surface area contributed by atoms with Gasteiger partial charge in [-0.15, -0.1) is 0 Å². The van der Waals surface area contributed by atoms with Crippen LogP contribution in [-0.4, -0.2) is 48.5 Å². The van der Waals surface area contributed by atoms with Crippen LogP contribution in [0.5, 0.6) is 0 Å². The van der Waals surface area contributed by atoms with Crippen LogP contribution in [0, 0.1) is 0 Å². The van der Waals surface area contributed by atoms with E-state index in [-0.39, 0.29) is 6.10 Å². The van der Waals surface area contributed by atoms with Gasteiger partial charge in [-0.3, -0.25) is 0 Å². The second-order valence-corrected chi connectivity index (χ2v) is 5.20. The van der Waals surface area contributed by atoms with Gasteiger partial charge in [0, 0.05) is 24.9 Å². The maximum atomic E-state index is 9.61. The summed E-state index contributed by atoms with van der Waals surface area (Å²) in [6.45, 7) is 4.04. The van der Waals surface area contributed by atoms with Crippen molar-refractivity contribution in [3.63, 3.8) is 0 Å². The van der Waals surface area contributed by atoms with Crippen LogP contribution in [0.25, 0.3) is 0 Å². The average molecular weight is 233 g/mol. The maximum absolute atomic E-state index is 9.61. The zero-order valence-corrected chi connectivity index (χ0v) is 10.4. The lowest BCUT2D eigenvalue weighted by molar-refractivity contribution is 0.0349. The molecule has 1 fully saturated rings. The van der Waals surface area contributed by atoms with Gasteiger partial charge >= 0.3 is 0 Å². The molecular weight excluding hydrogens is 210 g/mol. The zero-order chi connectivity index (χ0) is 10.9. The van der Waals surface area contributed by atoms with E-state index in [0.717, 1.165) is 19.4 Å². The van der Waals surface area contributed by atoms with Gasteiger partial charge in [0.15, 0.2) is 0 Å². The van der Waals surface area contributed by atoms with E-state index in [2.05, 4.69) is 12.2 Å². The van der Waals surface area contributed by atoms with Crippen LogP contribution in [0.3, 0.4) is 0 Å². The fourth-order valence-corrected chi connectivity index (χ4v) is 2.71. The first-order valence-electron chi connectivity index (χ1n) is 5.90. The molecule has 90 valence electrons. The Labute approximate surface area is 97.0 Å². The Morgan fingerprint density at radius 1 is 1.60 bits per heavy atom. The quantitative estimate of drug-likeness (QED) is 0.619. The third-order valence-corrected chi connectivity index (χ3v) is 3.69. The van der Waals surface area contributed by atoms with E-state index in [4.69, 9.17) is 4.74 Å². The van der Waals surface area contributed by atoms with Gasteiger partial charge in [0.25, 0.3) is 0 Å². The van der Waals surface area contributed by atoms with Gasteiger partial charge < -0.3 is 15.2 Å².